The summed E-state index contributed by atoms with van der Waals surface area (Å²) < 4.78 is 60.1. The molecule has 0 bridgehead atoms. The molecule has 0 saturated carbocycles. The van der Waals surface area contributed by atoms with Crippen molar-refractivity contribution in [3.63, 3.8) is 0 Å². The number of anilines is 1. The third kappa shape index (κ3) is 3.98. The summed E-state index contributed by atoms with van der Waals surface area (Å²) in [5.74, 6) is 0. The van der Waals surface area contributed by atoms with Gasteiger partial charge in [0.1, 0.15) is 6.07 Å². The Morgan fingerprint density at radius 1 is 1.18 bits per heavy atom. The molecule has 1 aromatic carbocycles. The van der Waals surface area contributed by atoms with Gasteiger partial charge < -0.3 is 0 Å². The minimum atomic E-state index is -4.46. The van der Waals surface area contributed by atoms with Gasteiger partial charge in [-0.2, -0.15) is 23.5 Å². The number of halogens is 3. The van der Waals surface area contributed by atoms with Crippen molar-refractivity contribution < 1.29 is 21.6 Å². The summed E-state index contributed by atoms with van der Waals surface area (Å²) in [5, 5.41) is 11.6. The van der Waals surface area contributed by atoms with Crippen LogP contribution in [0.15, 0.2) is 29.4 Å². The van der Waals surface area contributed by atoms with Crippen LogP contribution in [0.5, 0.6) is 0 Å². The molecule has 0 aliphatic rings. The van der Waals surface area contributed by atoms with Gasteiger partial charge in [0.15, 0.2) is 0 Å². The summed E-state index contributed by atoms with van der Waals surface area (Å²) >= 11 is 0. The lowest BCUT2D eigenvalue weighted by molar-refractivity contribution is -0.137. The molecule has 0 radical (unpaired) electrons. The maximum absolute atomic E-state index is 12.4. The first-order valence-electron chi connectivity index (χ1n) is 6.05. The van der Waals surface area contributed by atoms with Gasteiger partial charge in [-0.05, 0) is 45.0 Å². The minimum absolute atomic E-state index is 0.129. The van der Waals surface area contributed by atoms with Gasteiger partial charge in [0.25, 0.3) is 5.04 Å². The van der Waals surface area contributed by atoms with Crippen molar-refractivity contribution in [2.24, 2.45) is 5.10 Å². The predicted octanol–water partition coefficient (Wildman–Crippen LogP) is 3.17. The molecule has 0 unspecified atom stereocenters. The number of nitrogens with one attached hydrogen (secondary N) is 1. The van der Waals surface area contributed by atoms with Crippen LogP contribution < -0.4 is 5.43 Å². The number of hydrogen-bond acceptors (Lipinski definition) is 5. The fraction of sp³-hybridized carbons (Fsp3) is 0.385. The predicted molar refractivity (Wildman–Crippen MR) is 76.8 cm³/mol. The SMILES string of the molecule is CC(C)(C)S(=O)(=O)/C(C#N)=N\Nc1ccc(C(F)(F)F)cc1. The molecule has 9 heteroatoms. The van der Waals surface area contributed by atoms with E-state index in [1.54, 1.807) is 0 Å². The zero-order valence-corrected chi connectivity index (χ0v) is 12.9. The molecule has 0 aromatic heterocycles. The second-order valence-corrected chi connectivity index (χ2v) is 7.95. The first-order chi connectivity index (χ1) is 9.89. The Morgan fingerprint density at radius 2 is 1.68 bits per heavy atom. The quantitative estimate of drug-likeness (QED) is 0.512. The van der Waals surface area contributed by atoms with E-state index in [9.17, 15) is 21.6 Å². The third-order valence-corrected chi connectivity index (χ3v) is 4.96. The molecule has 5 nitrogen and oxygen atoms in total. The van der Waals surface area contributed by atoms with Gasteiger partial charge in [0.05, 0.1) is 16.0 Å². The van der Waals surface area contributed by atoms with Crippen LogP contribution >= 0.6 is 0 Å². The Labute approximate surface area is 126 Å². The van der Waals surface area contributed by atoms with Crippen molar-refractivity contribution in [2.45, 2.75) is 31.7 Å². The van der Waals surface area contributed by atoms with Crippen LogP contribution in [0.25, 0.3) is 0 Å². The highest BCUT2D eigenvalue weighted by Gasteiger charge is 2.35. The van der Waals surface area contributed by atoms with Crippen LogP contribution in [0.4, 0.5) is 18.9 Å². The minimum Gasteiger partial charge on any atom is -0.277 e. The molecule has 0 aliphatic carbocycles. The maximum atomic E-state index is 12.4. The Morgan fingerprint density at radius 3 is 2.05 bits per heavy atom. The molecule has 22 heavy (non-hydrogen) atoms. The van der Waals surface area contributed by atoms with Gasteiger partial charge in [0, 0.05) is 0 Å². The third-order valence-electron chi connectivity index (χ3n) is 2.66. The molecule has 0 atom stereocenters. The second-order valence-electron chi connectivity index (χ2n) is 5.33. The van der Waals surface area contributed by atoms with Crippen molar-refractivity contribution in [1.82, 2.24) is 0 Å². The van der Waals surface area contributed by atoms with Crippen molar-refractivity contribution in [2.75, 3.05) is 5.43 Å². The van der Waals surface area contributed by atoms with Crippen molar-refractivity contribution >= 4 is 20.6 Å². The summed E-state index contributed by atoms with van der Waals surface area (Å²) in [6.07, 6.45) is -4.46. The van der Waals surface area contributed by atoms with E-state index in [4.69, 9.17) is 5.26 Å². The van der Waals surface area contributed by atoms with E-state index in [-0.39, 0.29) is 5.69 Å². The number of alkyl halides is 3. The molecule has 0 spiro atoms. The molecular formula is C13H14F3N3O2S. The van der Waals surface area contributed by atoms with E-state index in [1.807, 2.05) is 0 Å². The Balaban J connectivity index is 3.03. The largest absolute Gasteiger partial charge is 0.416 e. The zero-order chi connectivity index (χ0) is 17.2. The molecule has 1 aromatic rings. The van der Waals surface area contributed by atoms with Crippen molar-refractivity contribution in [1.29, 1.82) is 5.26 Å². The van der Waals surface area contributed by atoms with Gasteiger partial charge in [0.2, 0.25) is 9.84 Å². The lowest BCUT2D eigenvalue weighted by Gasteiger charge is -2.17. The van der Waals surface area contributed by atoms with Crippen LogP contribution in [0.3, 0.4) is 0 Å². The summed E-state index contributed by atoms with van der Waals surface area (Å²) in [6, 6.07) is 5.29. The van der Waals surface area contributed by atoms with Crippen LogP contribution in [0.2, 0.25) is 0 Å². The number of sulfone groups is 1. The van der Waals surface area contributed by atoms with Gasteiger partial charge in [-0.25, -0.2) is 8.42 Å². The van der Waals surface area contributed by atoms with Crippen LogP contribution in [-0.4, -0.2) is 18.2 Å². The maximum Gasteiger partial charge on any atom is 0.416 e. The fourth-order valence-corrected chi connectivity index (χ4v) is 2.15. The van der Waals surface area contributed by atoms with Crippen LogP contribution in [-0.2, 0) is 16.0 Å². The Bertz CT molecular complexity index is 709. The van der Waals surface area contributed by atoms with Gasteiger partial charge in [-0.3, -0.25) is 5.43 Å². The van der Waals surface area contributed by atoms with Gasteiger partial charge in [-0.1, -0.05) is 0 Å². The molecule has 0 aliphatic heterocycles. The summed E-state index contributed by atoms with van der Waals surface area (Å²) in [5.41, 5.74) is 1.56. The van der Waals surface area contributed by atoms with E-state index in [0.29, 0.717) is 0 Å². The monoisotopic (exact) mass is 333 g/mol. The average molecular weight is 333 g/mol. The van der Waals surface area contributed by atoms with E-state index in [2.05, 4.69) is 10.5 Å². The van der Waals surface area contributed by atoms with E-state index in [1.165, 1.54) is 26.8 Å². The Kier molecular flexibility index (Phi) is 4.87. The topological polar surface area (TPSA) is 82.3 Å². The number of hydrazone groups is 1. The van der Waals surface area contributed by atoms with E-state index >= 15 is 0 Å². The molecule has 0 saturated heterocycles. The lowest BCUT2D eigenvalue weighted by atomic mass is 10.2. The molecular weight excluding hydrogens is 319 g/mol. The van der Waals surface area contributed by atoms with Crippen LogP contribution in [0.1, 0.15) is 26.3 Å². The first kappa shape index (κ1) is 18.0. The average Bonchev–Trinajstić information content (AvgIpc) is 2.37. The number of nitrogens with zero attached hydrogens (tertiary/aromatic N) is 2. The Hall–Kier alpha value is -2.08. The highest BCUT2D eigenvalue weighted by atomic mass is 32.2. The molecule has 1 rings (SSSR count). The highest BCUT2D eigenvalue weighted by Crippen LogP contribution is 2.29. The molecule has 120 valence electrons. The summed E-state index contributed by atoms with van der Waals surface area (Å²) in [6.45, 7) is 4.23. The standard InChI is InChI=1S/C13H14F3N3O2S/c1-12(2,3)22(20,21)11(8-17)19-18-10-6-4-9(5-7-10)13(14,15)16/h4-7,18H,1-3H3/b19-11-. The van der Waals surface area contributed by atoms with Crippen LogP contribution in [0, 0.1) is 11.3 Å². The second kappa shape index (κ2) is 5.96. The van der Waals surface area contributed by atoms with Crippen molar-refractivity contribution in [3.8, 4) is 6.07 Å². The normalized spacial score (nSPS) is 13.6. The van der Waals surface area contributed by atoms with E-state index < -0.39 is 31.4 Å². The van der Waals surface area contributed by atoms with Gasteiger partial charge in [-0.15, -0.1) is 0 Å². The lowest BCUT2D eigenvalue weighted by Crippen LogP contribution is -2.34. The number of hydrogen-bond donors (Lipinski definition) is 1. The molecule has 0 amide bonds. The number of benzene rings is 1. The van der Waals surface area contributed by atoms with E-state index in [0.717, 1.165) is 24.3 Å². The summed E-state index contributed by atoms with van der Waals surface area (Å²) in [7, 11) is -3.94. The van der Waals surface area contributed by atoms with Crippen molar-refractivity contribution in [3.05, 3.63) is 29.8 Å². The molecule has 0 heterocycles. The first-order valence-corrected chi connectivity index (χ1v) is 7.53. The molecule has 1 N–H and O–H groups in total. The smallest absolute Gasteiger partial charge is 0.277 e. The number of rotatable bonds is 2. The fourth-order valence-electron chi connectivity index (χ4n) is 1.28. The van der Waals surface area contributed by atoms with Gasteiger partial charge >= 0.3 is 6.18 Å². The molecule has 0 fully saturated rings. The highest BCUT2D eigenvalue weighted by molar-refractivity contribution is 8.08. The summed E-state index contributed by atoms with van der Waals surface area (Å²) in [4.78, 5) is 0. The number of nitriles is 1. The zero-order valence-electron chi connectivity index (χ0n) is 12.1.